The molecular formula is C14H14N4OS. The zero-order valence-corrected chi connectivity index (χ0v) is 12.3. The van der Waals surface area contributed by atoms with Crippen LogP contribution in [-0.2, 0) is 0 Å². The molecule has 0 fully saturated rings. The number of fused-ring (bicyclic) bond motifs is 1. The molecule has 0 spiro atoms. The number of aromatic nitrogens is 3. The number of nitrogens with zero attached hydrogens (tertiary/aromatic N) is 3. The smallest absolute Gasteiger partial charge is 0.275 e. The molecule has 0 saturated carbocycles. The lowest BCUT2D eigenvalue weighted by Gasteiger charge is -2.06. The number of anilines is 1. The quantitative estimate of drug-likeness (QED) is 0.788. The van der Waals surface area contributed by atoms with Gasteiger partial charge in [0.05, 0.1) is 5.69 Å². The topological polar surface area (TPSA) is 59.3 Å². The van der Waals surface area contributed by atoms with Crippen LogP contribution >= 0.6 is 11.3 Å². The van der Waals surface area contributed by atoms with Gasteiger partial charge in [-0.25, -0.2) is 9.97 Å². The fraction of sp³-hybridized carbons (Fsp3) is 0.214. The van der Waals surface area contributed by atoms with Gasteiger partial charge in [-0.15, -0.1) is 11.3 Å². The molecule has 0 aliphatic rings. The van der Waals surface area contributed by atoms with E-state index in [0.29, 0.717) is 11.5 Å². The van der Waals surface area contributed by atoms with Crippen LogP contribution in [0.3, 0.4) is 0 Å². The minimum absolute atomic E-state index is 0.189. The van der Waals surface area contributed by atoms with Crippen molar-refractivity contribution in [1.82, 2.24) is 14.4 Å². The Morgan fingerprint density at radius 1 is 1.25 bits per heavy atom. The second kappa shape index (κ2) is 4.72. The number of hydrogen-bond donors (Lipinski definition) is 1. The van der Waals surface area contributed by atoms with Crippen molar-refractivity contribution in [3.8, 4) is 0 Å². The molecule has 0 atom stereocenters. The molecule has 20 heavy (non-hydrogen) atoms. The van der Waals surface area contributed by atoms with Crippen molar-refractivity contribution < 1.29 is 4.79 Å². The van der Waals surface area contributed by atoms with Crippen molar-refractivity contribution in [3.05, 3.63) is 46.4 Å². The third-order valence-corrected chi connectivity index (χ3v) is 3.75. The van der Waals surface area contributed by atoms with Gasteiger partial charge in [0.1, 0.15) is 11.5 Å². The Hall–Kier alpha value is -2.21. The molecule has 6 heteroatoms. The summed E-state index contributed by atoms with van der Waals surface area (Å²) in [6.45, 7) is 5.72. The van der Waals surface area contributed by atoms with E-state index in [2.05, 4.69) is 15.3 Å². The van der Waals surface area contributed by atoms with E-state index in [1.54, 1.807) is 4.40 Å². The zero-order valence-electron chi connectivity index (χ0n) is 11.5. The highest BCUT2D eigenvalue weighted by Gasteiger charge is 2.17. The third-order valence-electron chi connectivity index (χ3n) is 2.99. The summed E-state index contributed by atoms with van der Waals surface area (Å²) in [6.07, 6.45) is 1.85. The van der Waals surface area contributed by atoms with Crippen LogP contribution in [0.15, 0.2) is 23.7 Å². The van der Waals surface area contributed by atoms with Crippen molar-refractivity contribution >= 4 is 28.0 Å². The fourth-order valence-corrected chi connectivity index (χ4v) is 3.01. The van der Waals surface area contributed by atoms with E-state index >= 15 is 0 Å². The molecule has 102 valence electrons. The van der Waals surface area contributed by atoms with E-state index < -0.39 is 0 Å². The highest BCUT2D eigenvalue weighted by molar-refractivity contribution is 7.15. The predicted molar refractivity (Wildman–Crippen MR) is 79.5 cm³/mol. The molecule has 3 heterocycles. The molecule has 3 aromatic heterocycles. The first-order valence-electron chi connectivity index (χ1n) is 6.23. The van der Waals surface area contributed by atoms with Crippen molar-refractivity contribution in [2.24, 2.45) is 0 Å². The molecule has 0 unspecified atom stereocenters. The average molecular weight is 286 g/mol. The Kier molecular flexibility index (Phi) is 3.02. The number of nitrogens with one attached hydrogen (secondary N) is 1. The molecule has 3 rings (SSSR count). The SMILES string of the molecule is Cc1cc(C)nc(NC(=O)c2c(C)nc3sccn23)c1. The van der Waals surface area contributed by atoms with Gasteiger partial charge < -0.3 is 5.32 Å². The first-order valence-corrected chi connectivity index (χ1v) is 7.11. The molecule has 5 nitrogen and oxygen atoms in total. The fourth-order valence-electron chi connectivity index (χ4n) is 2.25. The summed E-state index contributed by atoms with van der Waals surface area (Å²) in [4.78, 5) is 21.9. The molecule has 0 aromatic carbocycles. The number of thiazole rings is 1. The van der Waals surface area contributed by atoms with Crippen molar-refractivity contribution in [2.75, 3.05) is 5.32 Å². The summed E-state index contributed by atoms with van der Waals surface area (Å²) in [5, 5.41) is 4.75. The molecule has 0 saturated heterocycles. The number of carbonyl (C=O) groups is 1. The van der Waals surface area contributed by atoms with E-state index in [0.717, 1.165) is 21.9 Å². The number of carbonyl (C=O) groups excluding carboxylic acids is 1. The van der Waals surface area contributed by atoms with Crippen LogP contribution in [0.4, 0.5) is 5.82 Å². The second-order valence-corrected chi connectivity index (χ2v) is 5.60. The molecular weight excluding hydrogens is 272 g/mol. The predicted octanol–water partition coefficient (Wildman–Crippen LogP) is 2.97. The molecule has 3 aromatic rings. The maximum atomic E-state index is 12.4. The number of imidazole rings is 1. The lowest BCUT2D eigenvalue weighted by molar-refractivity contribution is 0.102. The van der Waals surface area contributed by atoms with Crippen LogP contribution in [0, 0.1) is 20.8 Å². The van der Waals surface area contributed by atoms with Gasteiger partial charge in [0.25, 0.3) is 5.91 Å². The first-order chi connectivity index (χ1) is 9.54. The van der Waals surface area contributed by atoms with E-state index in [1.165, 1.54) is 11.3 Å². The Labute approximate surface area is 120 Å². The minimum atomic E-state index is -0.189. The van der Waals surface area contributed by atoms with Crippen molar-refractivity contribution in [2.45, 2.75) is 20.8 Å². The van der Waals surface area contributed by atoms with Crippen LogP contribution < -0.4 is 5.32 Å². The Morgan fingerprint density at radius 3 is 2.80 bits per heavy atom. The van der Waals surface area contributed by atoms with Crippen LogP contribution in [-0.4, -0.2) is 20.3 Å². The van der Waals surface area contributed by atoms with Crippen LogP contribution in [0.2, 0.25) is 0 Å². The van der Waals surface area contributed by atoms with Gasteiger partial charge in [-0.2, -0.15) is 0 Å². The van der Waals surface area contributed by atoms with Crippen LogP contribution in [0.5, 0.6) is 0 Å². The molecule has 0 aliphatic carbocycles. The summed E-state index contributed by atoms with van der Waals surface area (Å²) in [6, 6.07) is 3.82. The number of rotatable bonds is 2. The van der Waals surface area contributed by atoms with Gasteiger partial charge in [-0.1, -0.05) is 0 Å². The maximum absolute atomic E-state index is 12.4. The summed E-state index contributed by atoms with van der Waals surface area (Å²) in [5.41, 5.74) is 3.23. The third kappa shape index (κ3) is 2.18. The lowest BCUT2D eigenvalue weighted by Crippen LogP contribution is -2.16. The Morgan fingerprint density at radius 2 is 2.05 bits per heavy atom. The summed E-state index contributed by atoms with van der Waals surface area (Å²) in [5.74, 6) is 0.378. The van der Waals surface area contributed by atoms with Crippen LogP contribution in [0.1, 0.15) is 27.4 Å². The highest BCUT2D eigenvalue weighted by atomic mass is 32.1. The average Bonchev–Trinajstić information content (AvgIpc) is 2.86. The standard InChI is InChI=1S/C14H14N4OS/c1-8-6-9(2)15-11(7-8)17-13(19)12-10(3)16-14-18(12)4-5-20-14/h4-7H,1-3H3,(H,15,17,19). The van der Waals surface area contributed by atoms with Gasteiger partial charge in [-0.05, 0) is 38.5 Å². The number of hydrogen-bond acceptors (Lipinski definition) is 4. The van der Waals surface area contributed by atoms with Crippen molar-refractivity contribution in [3.63, 3.8) is 0 Å². The molecule has 0 bridgehead atoms. The molecule has 1 amide bonds. The number of pyridine rings is 1. The van der Waals surface area contributed by atoms with Gasteiger partial charge in [-0.3, -0.25) is 9.20 Å². The van der Waals surface area contributed by atoms with Crippen LogP contribution in [0.25, 0.3) is 4.96 Å². The van der Waals surface area contributed by atoms with Gasteiger partial charge in [0.15, 0.2) is 4.96 Å². The first kappa shape index (κ1) is 12.8. The van der Waals surface area contributed by atoms with Gasteiger partial charge in [0.2, 0.25) is 0 Å². The monoisotopic (exact) mass is 286 g/mol. The zero-order chi connectivity index (χ0) is 14.3. The highest BCUT2D eigenvalue weighted by Crippen LogP contribution is 2.18. The Balaban J connectivity index is 1.96. The Bertz CT molecular complexity index is 782. The molecule has 0 aliphatic heterocycles. The maximum Gasteiger partial charge on any atom is 0.275 e. The van der Waals surface area contributed by atoms with E-state index in [4.69, 9.17) is 0 Å². The summed E-state index contributed by atoms with van der Waals surface area (Å²) < 4.78 is 1.80. The number of aryl methyl sites for hydroxylation is 3. The van der Waals surface area contributed by atoms with Gasteiger partial charge in [0, 0.05) is 17.3 Å². The second-order valence-electron chi connectivity index (χ2n) is 4.73. The van der Waals surface area contributed by atoms with E-state index in [9.17, 15) is 4.79 Å². The molecule has 0 radical (unpaired) electrons. The minimum Gasteiger partial charge on any atom is -0.305 e. The van der Waals surface area contributed by atoms with Crippen molar-refractivity contribution in [1.29, 1.82) is 0 Å². The van der Waals surface area contributed by atoms with Gasteiger partial charge >= 0.3 is 0 Å². The van der Waals surface area contributed by atoms with E-state index in [1.807, 2.05) is 44.5 Å². The summed E-state index contributed by atoms with van der Waals surface area (Å²) >= 11 is 1.51. The molecule has 1 N–H and O–H groups in total. The van der Waals surface area contributed by atoms with E-state index in [-0.39, 0.29) is 5.91 Å². The number of amides is 1. The largest absolute Gasteiger partial charge is 0.305 e. The summed E-state index contributed by atoms with van der Waals surface area (Å²) in [7, 11) is 0. The normalized spacial score (nSPS) is 10.9. The lowest BCUT2D eigenvalue weighted by atomic mass is 10.2.